The third-order valence-corrected chi connectivity index (χ3v) is 2.63. The van der Waals surface area contributed by atoms with Gasteiger partial charge in [-0.1, -0.05) is 12.1 Å². The number of nitrogens with zero attached hydrogens (tertiary/aromatic N) is 2. The molecule has 15 heavy (non-hydrogen) atoms. The Morgan fingerprint density at radius 1 is 1.13 bits per heavy atom. The summed E-state index contributed by atoms with van der Waals surface area (Å²) in [6.07, 6.45) is 5.49. The van der Waals surface area contributed by atoms with E-state index in [-0.39, 0.29) is 0 Å². The molecule has 0 unspecified atom stereocenters. The van der Waals surface area contributed by atoms with Crippen LogP contribution >= 0.6 is 0 Å². The van der Waals surface area contributed by atoms with Crippen LogP contribution in [0, 0.1) is 0 Å². The summed E-state index contributed by atoms with van der Waals surface area (Å²) in [5.74, 6) is 0.290. The molecule has 0 aromatic heterocycles. The van der Waals surface area contributed by atoms with Gasteiger partial charge in [0.2, 0.25) is 0 Å². The van der Waals surface area contributed by atoms with E-state index in [0.29, 0.717) is 5.75 Å². The summed E-state index contributed by atoms with van der Waals surface area (Å²) in [5.41, 5.74) is 0.781. The fraction of sp³-hybridized carbons (Fsp3) is 0.417. The Bertz CT molecular complexity index is 343. The first-order valence-corrected chi connectivity index (χ1v) is 5.43. The fourth-order valence-corrected chi connectivity index (χ4v) is 1.73. The maximum Gasteiger partial charge on any atom is 0.124 e. The van der Waals surface area contributed by atoms with Crippen LogP contribution in [-0.2, 0) is 0 Å². The molecule has 1 aromatic rings. The topological polar surface area (TPSA) is 35.8 Å². The van der Waals surface area contributed by atoms with Gasteiger partial charge in [0.25, 0.3) is 0 Å². The van der Waals surface area contributed by atoms with Crippen LogP contribution in [0.4, 0.5) is 0 Å². The number of hydrogen-bond acceptors (Lipinski definition) is 3. The van der Waals surface area contributed by atoms with Crippen LogP contribution in [0.15, 0.2) is 29.4 Å². The lowest BCUT2D eigenvalue weighted by Crippen LogP contribution is -2.24. The van der Waals surface area contributed by atoms with Gasteiger partial charge in [-0.3, -0.25) is 5.01 Å². The molecule has 1 aliphatic heterocycles. The van der Waals surface area contributed by atoms with Crippen LogP contribution in [0.3, 0.4) is 0 Å². The van der Waals surface area contributed by atoms with E-state index in [1.165, 1.54) is 19.3 Å². The fourth-order valence-electron chi connectivity index (χ4n) is 1.73. The molecular formula is C12H16N2O. The van der Waals surface area contributed by atoms with Crippen LogP contribution in [0.2, 0.25) is 0 Å². The molecule has 0 spiro atoms. The molecule has 0 amide bonds. The van der Waals surface area contributed by atoms with E-state index < -0.39 is 0 Å². The van der Waals surface area contributed by atoms with Gasteiger partial charge in [-0.2, -0.15) is 5.10 Å². The smallest absolute Gasteiger partial charge is 0.124 e. The first kappa shape index (κ1) is 10.0. The summed E-state index contributed by atoms with van der Waals surface area (Å²) in [6, 6.07) is 7.26. The second kappa shape index (κ2) is 4.82. The zero-order valence-electron chi connectivity index (χ0n) is 8.76. The molecule has 1 aromatic carbocycles. The Morgan fingerprint density at radius 2 is 1.87 bits per heavy atom. The molecule has 0 bridgehead atoms. The third-order valence-electron chi connectivity index (χ3n) is 2.63. The average Bonchev–Trinajstić information content (AvgIpc) is 2.29. The van der Waals surface area contributed by atoms with Gasteiger partial charge in [0.1, 0.15) is 5.75 Å². The maximum atomic E-state index is 9.53. The minimum atomic E-state index is 0.290. The summed E-state index contributed by atoms with van der Waals surface area (Å²) in [6.45, 7) is 2.06. The molecular weight excluding hydrogens is 188 g/mol. The lowest BCUT2D eigenvalue weighted by atomic mass is 10.2. The van der Waals surface area contributed by atoms with Crippen LogP contribution in [-0.4, -0.2) is 29.4 Å². The average molecular weight is 204 g/mol. The Morgan fingerprint density at radius 3 is 2.60 bits per heavy atom. The largest absolute Gasteiger partial charge is 0.507 e. The molecule has 0 radical (unpaired) electrons. The Labute approximate surface area is 90.0 Å². The van der Waals surface area contributed by atoms with Gasteiger partial charge in [0.05, 0.1) is 6.21 Å². The van der Waals surface area contributed by atoms with Gasteiger partial charge in [-0.05, 0) is 31.4 Å². The molecule has 2 rings (SSSR count). The van der Waals surface area contributed by atoms with Crippen molar-refractivity contribution in [1.29, 1.82) is 0 Å². The minimum Gasteiger partial charge on any atom is -0.507 e. The van der Waals surface area contributed by atoms with E-state index >= 15 is 0 Å². The zero-order chi connectivity index (χ0) is 10.5. The zero-order valence-corrected chi connectivity index (χ0v) is 8.76. The monoisotopic (exact) mass is 204 g/mol. The van der Waals surface area contributed by atoms with Crippen molar-refractivity contribution in [3.8, 4) is 5.75 Å². The van der Waals surface area contributed by atoms with Crippen molar-refractivity contribution in [2.45, 2.75) is 19.3 Å². The molecule has 3 heteroatoms. The highest BCUT2D eigenvalue weighted by molar-refractivity contribution is 5.82. The van der Waals surface area contributed by atoms with Crippen molar-refractivity contribution in [2.75, 3.05) is 13.1 Å². The number of rotatable bonds is 2. The quantitative estimate of drug-likeness (QED) is 0.750. The maximum absolute atomic E-state index is 9.53. The Balaban J connectivity index is 2.01. The van der Waals surface area contributed by atoms with E-state index in [9.17, 15) is 5.11 Å². The number of hydrogen-bond donors (Lipinski definition) is 1. The van der Waals surface area contributed by atoms with E-state index in [4.69, 9.17) is 0 Å². The molecule has 0 atom stereocenters. The lowest BCUT2D eigenvalue weighted by Gasteiger charge is -2.23. The van der Waals surface area contributed by atoms with Crippen molar-refractivity contribution in [3.05, 3.63) is 29.8 Å². The van der Waals surface area contributed by atoms with E-state index in [1.807, 2.05) is 18.2 Å². The second-order valence-electron chi connectivity index (χ2n) is 3.82. The van der Waals surface area contributed by atoms with Gasteiger partial charge in [0, 0.05) is 18.7 Å². The molecule has 1 N–H and O–H groups in total. The number of para-hydroxylation sites is 1. The Hall–Kier alpha value is -1.51. The summed E-state index contributed by atoms with van der Waals surface area (Å²) < 4.78 is 0. The molecule has 1 heterocycles. The van der Waals surface area contributed by atoms with Crippen molar-refractivity contribution >= 4 is 6.21 Å². The normalized spacial score (nSPS) is 17.2. The number of benzene rings is 1. The van der Waals surface area contributed by atoms with Gasteiger partial charge < -0.3 is 5.11 Å². The summed E-state index contributed by atoms with van der Waals surface area (Å²) in [4.78, 5) is 0. The first-order valence-electron chi connectivity index (χ1n) is 5.43. The van der Waals surface area contributed by atoms with E-state index in [1.54, 1.807) is 12.3 Å². The predicted octanol–water partition coefficient (Wildman–Crippen LogP) is 2.21. The van der Waals surface area contributed by atoms with Gasteiger partial charge in [-0.25, -0.2) is 0 Å². The Kier molecular flexibility index (Phi) is 3.22. The second-order valence-corrected chi connectivity index (χ2v) is 3.82. The highest BCUT2D eigenvalue weighted by atomic mass is 16.3. The summed E-state index contributed by atoms with van der Waals surface area (Å²) >= 11 is 0. The highest BCUT2D eigenvalue weighted by Crippen LogP contribution is 2.14. The molecule has 1 saturated heterocycles. The van der Waals surface area contributed by atoms with Crippen molar-refractivity contribution in [2.24, 2.45) is 5.10 Å². The molecule has 80 valence electrons. The van der Waals surface area contributed by atoms with Gasteiger partial charge >= 0.3 is 0 Å². The van der Waals surface area contributed by atoms with Gasteiger partial charge in [0.15, 0.2) is 0 Å². The number of hydrazone groups is 1. The number of phenols is 1. The third kappa shape index (κ3) is 2.72. The van der Waals surface area contributed by atoms with E-state index in [2.05, 4.69) is 10.1 Å². The van der Waals surface area contributed by atoms with Crippen LogP contribution in [0.1, 0.15) is 24.8 Å². The standard InChI is InChI=1S/C12H16N2O/c15-12-7-3-2-6-11(12)10-13-14-8-4-1-5-9-14/h2-3,6-7,10,15H,1,4-5,8-9H2/b13-10+. The van der Waals surface area contributed by atoms with Crippen LogP contribution < -0.4 is 0 Å². The van der Waals surface area contributed by atoms with Crippen molar-refractivity contribution in [3.63, 3.8) is 0 Å². The van der Waals surface area contributed by atoms with Crippen molar-refractivity contribution < 1.29 is 5.11 Å². The summed E-state index contributed by atoms with van der Waals surface area (Å²) in [5, 5.41) is 16.0. The number of phenolic OH excluding ortho intramolecular Hbond substituents is 1. The molecule has 0 saturated carbocycles. The molecule has 3 nitrogen and oxygen atoms in total. The number of piperidine rings is 1. The first-order chi connectivity index (χ1) is 7.36. The minimum absolute atomic E-state index is 0.290. The summed E-state index contributed by atoms with van der Waals surface area (Å²) in [7, 11) is 0. The molecule has 1 aliphatic rings. The SMILES string of the molecule is Oc1ccccc1/C=N/N1CCCCC1. The number of aromatic hydroxyl groups is 1. The highest BCUT2D eigenvalue weighted by Gasteiger charge is 2.06. The lowest BCUT2D eigenvalue weighted by molar-refractivity contribution is 0.240. The molecule has 1 fully saturated rings. The van der Waals surface area contributed by atoms with Crippen LogP contribution in [0.5, 0.6) is 5.75 Å². The molecule has 0 aliphatic carbocycles. The predicted molar refractivity (Wildman–Crippen MR) is 61.1 cm³/mol. The van der Waals surface area contributed by atoms with Crippen LogP contribution in [0.25, 0.3) is 0 Å². The van der Waals surface area contributed by atoms with Gasteiger partial charge in [-0.15, -0.1) is 0 Å². The van der Waals surface area contributed by atoms with Crippen molar-refractivity contribution in [1.82, 2.24) is 5.01 Å². The van der Waals surface area contributed by atoms with E-state index in [0.717, 1.165) is 18.7 Å².